The number of benzene rings is 2. The molecule has 0 radical (unpaired) electrons. The third-order valence-electron chi connectivity index (χ3n) is 4.94. The number of fused-ring (bicyclic) bond motifs is 1. The van der Waals surface area contributed by atoms with Crippen LogP contribution in [0.2, 0.25) is 0 Å². The molecule has 0 saturated carbocycles. The number of H-pyrrole nitrogens is 1. The van der Waals surface area contributed by atoms with Crippen molar-refractivity contribution >= 4 is 23.0 Å². The van der Waals surface area contributed by atoms with E-state index in [9.17, 15) is 26.3 Å². The fourth-order valence-electron chi connectivity index (χ4n) is 3.45. The molecule has 4 rings (SSSR count). The number of ether oxygens (including phenoxy) is 2. The number of hydrogen-bond acceptors (Lipinski definition) is 6. The lowest BCUT2D eigenvalue weighted by Crippen LogP contribution is -2.44. The van der Waals surface area contributed by atoms with Crippen molar-refractivity contribution in [3.8, 4) is 11.5 Å². The first-order valence-corrected chi connectivity index (χ1v) is 11.2. The molecule has 1 saturated heterocycles. The Labute approximate surface area is 218 Å². The molecule has 2 unspecified atom stereocenters. The van der Waals surface area contributed by atoms with E-state index >= 15 is 0 Å². The van der Waals surface area contributed by atoms with Gasteiger partial charge in [-0.1, -0.05) is 12.1 Å². The van der Waals surface area contributed by atoms with Gasteiger partial charge in [0.05, 0.1) is 29.6 Å². The van der Waals surface area contributed by atoms with Crippen LogP contribution in [-0.2, 0) is 20.9 Å². The molecule has 1 aromatic heterocycles. The number of aliphatic carboxylic acids is 2. The summed E-state index contributed by atoms with van der Waals surface area (Å²) in [5.41, 5.74) is 3.21. The summed E-state index contributed by atoms with van der Waals surface area (Å²) < 4.78 is 75.2. The van der Waals surface area contributed by atoms with Gasteiger partial charge in [0.1, 0.15) is 11.5 Å². The van der Waals surface area contributed by atoms with Gasteiger partial charge in [-0.3, -0.25) is 4.90 Å². The summed E-state index contributed by atoms with van der Waals surface area (Å²) in [5.74, 6) is -3.88. The second kappa shape index (κ2) is 13.3. The van der Waals surface area contributed by atoms with Crippen LogP contribution in [0.3, 0.4) is 0 Å². The normalized spacial score (nSPS) is 17.8. The Balaban J connectivity index is 0.000000317. The molecule has 1 aliphatic rings. The Hall–Kier alpha value is -3.85. The van der Waals surface area contributed by atoms with E-state index in [1.807, 2.05) is 30.3 Å². The molecule has 2 heterocycles. The fraction of sp³-hybridized carbons (Fsp3) is 0.375. The van der Waals surface area contributed by atoms with Crippen LogP contribution in [0, 0.1) is 0 Å². The average molecular weight is 565 g/mol. The van der Waals surface area contributed by atoms with Crippen LogP contribution in [-0.4, -0.2) is 74.7 Å². The highest BCUT2D eigenvalue weighted by Crippen LogP contribution is 2.25. The minimum atomic E-state index is -5.08. The van der Waals surface area contributed by atoms with E-state index in [0.29, 0.717) is 12.2 Å². The predicted molar refractivity (Wildman–Crippen MR) is 125 cm³/mol. The van der Waals surface area contributed by atoms with E-state index < -0.39 is 24.3 Å². The molecule has 3 aromatic rings. The third-order valence-corrected chi connectivity index (χ3v) is 4.94. The molecule has 3 N–H and O–H groups in total. The maximum absolute atomic E-state index is 10.6. The van der Waals surface area contributed by atoms with E-state index in [-0.39, 0.29) is 0 Å². The minimum absolute atomic E-state index is 0.295. The largest absolute Gasteiger partial charge is 0.490 e. The maximum Gasteiger partial charge on any atom is 0.490 e. The number of imidazole rings is 1. The van der Waals surface area contributed by atoms with Gasteiger partial charge < -0.3 is 24.7 Å². The zero-order valence-electron chi connectivity index (χ0n) is 20.6. The fourth-order valence-corrected chi connectivity index (χ4v) is 3.45. The first-order valence-electron chi connectivity index (χ1n) is 11.2. The summed E-state index contributed by atoms with van der Waals surface area (Å²) in [4.78, 5) is 27.6. The highest BCUT2D eigenvalue weighted by Gasteiger charge is 2.38. The lowest BCUT2D eigenvalue weighted by atomic mass is 10.1. The molecule has 0 spiro atoms. The number of hydrogen-bond donors (Lipinski definition) is 3. The molecule has 0 aliphatic carbocycles. The van der Waals surface area contributed by atoms with Gasteiger partial charge in [0.25, 0.3) is 0 Å². The molecule has 39 heavy (non-hydrogen) atoms. The van der Waals surface area contributed by atoms with E-state index in [2.05, 4.69) is 40.8 Å². The van der Waals surface area contributed by atoms with Crippen molar-refractivity contribution in [2.24, 2.45) is 0 Å². The third kappa shape index (κ3) is 10.8. The first kappa shape index (κ1) is 31.4. The predicted octanol–water partition coefficient (Wildman–Crippen LogP) is 5.23. The minimum Gasteiger partial charge on any atom is -0.475 e. The average Bonchev–Trinajstić information content (AvgIpc) is 3.27. The van der Waals surface area contributed by atoms with Gasteiger partial charge in [-0.15, -0.1) is 0 Å². The van der Waals surface area contributed by atoms with E-state index in [1.54, 1.807) is 6.33 Å². The number of carbonyl (C=O) groups is 2. The SMILES string of the molecule is CC1CN(Cc2ccc(Oc3ccc4[nH]cnc4c3)cc2)CC(C)O1.O=C(O)C(F)(F)F.O=C(O)C(F)(F)F. The van der Waals surface area contributed by atoms with Crippen LogP contribution in [0.25, 0.3) is 11.0 Å². The standard InChI is InChI=1S/C20H23N3O2.2C2HF3O2/c1-14-10-23(11-15(2)24-14)12-16-3-5-17(6-4-16)25-18-7-8-19-20(9-18)22-13-21-19;2*3-2(4,5)1(6)7/h3-9,13-15H,10-12H2,1-2H3,(H,21,22);2*(H,6,7). The van der Waals surface area contributed by atoms with Gasteiger partial charge in [-0.05, 0) is 43.7 Å². The van der Waals surface area contributed by atoms with Gasteiger partial charge in [0.2, 0.25) is 0 Å². The number of carboxylic acids is 2. The van der Waals surface area contributed by atoms with Gasteiger partial charge in [0.15, 0.2) is 0 Å². The topological polar surface area (TPSA) is 125 Å². The second-order valence-electron chi connectivity index (χ2n) is 8.38. The number of aromatic amines is 1. The number of alkyl halides is 6. The molecule has 2 aromatic carbocycles. The lowest BCUT2D eigenvalue weighted by Gasteiger charge is -2.35. The molecule has 1 aliphatic heterocycles. The highest BCUT2D eigenvalue weighted by atomic mass is 19.4. The van der Waals surface area contributed by atoms with Crippen LogP contribution < -0.4 is 4.74 Å². The molecule has 1 fully saturated rings. The zero-order valence-corrected chi connectivity index (χ0v) is 20.6. The smallest absolute Gasteiger partial charge is 0.475 e. The van der Waals surface area contributed by atoms with E-state index in [1.165, 1.54) is 5.56 Å². The maximum atomic E-state index is 10.6. The highest BCUT2D eigenvalue weighted by molar-refractivity contribution is 5.76. The number of nitrogens with one attached hydrogen (secondary N) is 1. The van der Waals surface area contributed by atoms with Crippen molar-refractivity contribution < 1.29 is 55.6 Å². The van der Waals surface area contributed by atoms with Crippen molar-refractivity contribution in [3.05, 3.63) is 54.4 Å². The Morgan fingerprint density at radius 3 is 1.92 bits per heavy atom. The monoisotopic (exact) mass is 565 g/mol. The van der Waals surface area contributed by atoms with Crippen LogP contribution >= 0.6 is 0 Å². The molecular weight excluding hydrogens is 540 g/mol. The van der Waals surface area contributed by atoms with E-state index in [0.717, 1.165) is 42.2 Å². The van der Waals surface area contributed by atoms with Gasteiger partial charge in [-0.25, -0.2) is 14.6 Å². The number of carboxylic acid groups (broad SMARTS) is 2. The number of nitrogens with zero attached hydrogens (tertiary/aromatic N) is 2. The van der Waals surface area contributed by atoms with Crippen LogP contribution in [0.4, 0.5) is 26.3 Å². The van der Waals surface area contributed by atoms with Gasteiger partial charge >= 0.3 is 24.3 Å². The summed E-state index contributed by atoms with van der Waals surface area (Å²) in [6.07, 6.45) is -7.89. The number of aromatic nitrogens is 2. The lowest BCUT2D eigenvalue weighted by molar-refractivity contribution is -0.193. The van der Waals surface area contributed by atoms with Crippen molar-refractivity contribution in [2.45, 2.75) is 45.0 Å². The number of rotatable bonds is 4. The Bertz CT molecular complexity index is 1200. The number of halogens is 6. The molecule has 2 atom stereocenters. The summed E-state index contributed by atoms with van der Waals surface area (Å²) in [6, 6.07) is 14.2. The quantitative estimate of drug-likeness (QED) is 0.368. The van der Waals surface area contributed by atoms with Crippen LogP contribution in [0.15, 0.2) is 48.8 Å². The summed E-state index contributed by atoms with van der Waals surface area (Å²) >= 11 is 0. The van der Waals surface area contributed by atoms with Crippen LogP contribution in [0.5, 0.6) is 11.5 Å². The van der Waals surface area contributed by atoms with Crippen molar-refractivity contribution in [1.82, 2.24) is 14.9 Å². The molecular formula is C24H25F6N3O6. The number of morpholine rings is 1. The van der Waals surface area contributed by atoms with E-state index in [4.69, 9.17) is 29.3 Å². The van der Waals surface area contributed by atoms with Crippen molar-refractivity contribution in [2.75, 3.05) is 13.1 Å². The molecule has 214 valence electrons. The molecule has 15 heteroatoms. The summed E-state index contributed by atoms with van der Waals surface area (Å²) in [6.45, 7) is 7.17. The summed E-state index contributed by atoms with van der Waals surface area (Å²) in [5, 5.41) is 14.2. The molecule has 0 amide bonds. The zero-order chi connectivity index (χ0) is 29.4. The summed E-state index contributed by atoms with van der Waals surface area (Å²) in [7, 11) is 0. The first-order chi connectivity index (χ1) is 18.0. The van der Waals surface area contributed by atoms with Crippen LogP contribution in [0.1, 0.15) is 19.4 Å². The van der Waals surface area contributed by atoms with Gasteiger partial charge in [0, 0.05) is 25.7 Å². The Morgan fingerprint density at radius 1 is 0.949 bits per heavy atom. The Morgan fingerprint density at radius 2 is 1.44 bits per heavy atom. The molecule has 0 bridgehead atoms. The van der Waals surface area contributed by atoms with Crippen molar-refractivity contribution in [1.29, 1.82) is 0 Å². The van der Waals surface area contributed by atoms with Gasteiger partial charge in [-0.2, -0.15) is 26.3 Å². The second-order valence-corrected chi connectivity index (χ2v) is 8.38. The van der Waals surface area contributed by atoms with Crippen molar-refractivity contribution in [3.63, 3.8) is 0 Å². The molecule has 9 nitrogen and oxygen atoms in total. The Kier molecular flexibility index (Phi) is 10.7.